The summed E-state index contributed by atoms with van der Waals surface area (Å²) in [4.78, 5) is 12.8. The van der Waals surface area contributed by atoms with Crippen molar-refractivity contribution < 1.29 is 22.8 Å². The Morgan fingerprint density at radius 2 is 2.06 bits per heavy atom. The molecule has 2 unspecified atom stereocenters. The number of nitrogens with one attached hydrogen (secondary N) is 2. The van der Waals surface area contributed by atoms with E-state index in [1.807, 2.05) is 6.92 Å². The quantitative estimate of drug-likeness (QED) is 0.458. The van der Waals surface area contributed by atoms with E-state index in [4.69, 9.17) is 4.42 Å². The number of allylic oxidation sites excluding steroid dienone is 3. The van der Waals surface area contributed by atoms with Gasteiger partial charge >= 0.3 is 6.03 Å². The van der Waals surface area contributed by atoms with Crippen LogP contribution in [0.25, 0.3) is 0 Å². The van der Waals surface area contributed by atoms with Crippen LogP contribution in [0, 0.1) is 11.3 Å². The van der Waals surface area contributed by atoms with E-state index in [1.54, 1.807) is 0 Å². The summed E-state index contributed by atoms with van der Waals surface area (Å²) < 4.78 is 33.5. The molecule has 4 aliphatic carbocycles. The maximum Gasteiger partial charge on any atom is 0.333 e. The van der Waals surface area contributed by atoms with Gasteiger partial charge < -0.3 is 14.9 Å². The highest BCUT2D eigenvalue weighted by atomic mass is 32.2. The van der Waals surface area contributed by atoms with Crippen LogP contribution in [0.5, 0.6) is 0 Å². The molecule has 0 saturated heterocycles. The summed E-state index contributed by atoms with van der Waals surface area (Å²) in [6.07, 6.45) is 8.28. The molecule has 1 heterocycles. The van der Waals surface area contributed by atoms with E-state index in [9.17, 15) is 18.4 Å². The molecule has 0 aromatic carbocycles. The number of carbonyl (C=O) groups is 1. The smallest absolute Gasteiger partial charge is 0.333 e. The van der Waals surface area contributed by atoms with Crippen molar-refractivity contribution in [2.24, 2.45) is 16.5 Å². The molecular weight excluding hydrogens is 430 g/mol. The Bertz CT molecular complexity index is 1190. The second kappa shape index (κ2) is 7.50. The van der Waals surface area contributed by atoms with Gasteiger partial charge in [0.1, 0.15) is 5.76 Å². The van der Waals surface area contributed by atoms with Crippen LogP contribution < -0.4 is 10.0 Å². The first kappa shape index (κ1) is 21.3. The minimum Gasteiger partial charge on any atom is -0.447 e. The number of carbonyl (C=O) groups excluding carboxylic acids is 1. The fourth-order valence-electron chi connectivity index (χ4n) is 6.00. The molecule has 2 atom stereocenters. The maximum atomic E-state index is 12.9. The lowest BCUT2D eigenvalue weighted by molar-refractivity contribution is 0.247. The molecule has 32 heavy (non-hydrogen) atoms. The van der Waals surface area contributed by atoms with Crippen molar-refractivity contribution in [2.45, 2.75) is 76.7 Å². The van der Waals surface area contributed by atoms with E-state index in [2.05, 4.69) is 22.1 Å². The molecule has 1 aromatic rings. The summed E-state index contributed by atoms with van der Waals surface area (Å²) >= 11 is 0. The number of oxime groups is 1. The number of rotatable bonds is 3. The zero-order valence-corrected chi connectivity index (χ0v) is 19.3. The lowest BCUT2D eigenvalue weighted by atomic mass is 9.72. The summed E-state index contributed by atoms with van der Waals surface area (Å²) in [6, 6.07) is 0.557. The fraction of sp³-hybridized carbons (Fsp3) is 0.565. The monoisotopic (exact) mass is 459 g/mol. The Morgan fingerprint density at radius 1 is 1.25 bits per heavy atom. The number of nitrogens with zero attached hydrogens (tertiary/aromatic N) is 1. The van der Waals surface area contributed by atoms with Crippen LogP contribution in [0.4, 0.5) is 4.79 Å². The molecule has 1 fully saturated rings. The third-order valence-electron chi connectivity index (χ3n) is 7.45. The Hall–Kier alpha value is -2.55. The van der Waals surface area contributed by atoms with Crippen molar-refractivity contribution in [3.63, 3.8) is 0 Å². The predicted octanol–water partition coefficient (Wildman–Crippen LogP) is 4.36. The van der Waals surface area contributed by atoms with Crippen molar-refractivity contribution in [2.75, 3.05) is 0 Å². The second-order valence-electron chi connectivity index (χ2n) is 9.90. The van der Waals surface area contributed by atoms with Gasteiger partial charge in [-0.1, -0.05) is 24.6 Å². The van der Waals surface area contributed by atoms with Crippen molar-refractivity contribution in [3.05, 3.63) is 39.8 Å². The molecule has 3 N–H and O–H groups in total. The van der Waals surface area contributed by atoms with Crippen LogP contribution in [0.3, 0.4) is 0 Å². The van der Waals surface area contributed by atoms with Crippen LogP contribution in [-0.4, -0.2) is 25.4 Å². The van der Waals surface area contributed by atoms with E-state index >= 15 is 0 Å². The molecule has 172 valence electrons. The van der Waals surface area contributed by atoms with E-state index in [-0.39, 0.29) is 16.4 Å². The Kier molecular flexibility index (Phi) is 5.00. The van der Waals surface area contributed by atoms with Gasteiger partial charge in [-0.2, -0.15) is 8.42 Å². The molecule has 0 bridgehead atoms. The van der Waals surface area contributed by atoms with Gasteiger partial charge in [0, 0.05) is 23.7 Å². The molecule has 9 heteroatoms. The lowest BCUT2D eigenvalue weighted by Gasteiger charge is -2.34. The van der Waals surface area contributed by atoms with Gasteiger partial charge in [0.2, 0.25) is 5.09 Å². The zero-order chi connectivity index (χ0) is 22.7. The Labute approximate surface area is 187 Å². The van der Waals surface area contributed by atoms with Crippen LogP contribution >= 0.6 is 0 Å². The predicted molar refractivity (Wildman–Crippen MR) is 118 cm³/mol. The lowest BCUT2D eigenvalue weighted by Crippen LogP contribution is -2.41. The fourth-order valence-corrected chi connectivity index (χ4v) is 6.88. The zero-order valence-electron chi connectivity index (χ0n) is 18.5. The number of hydrogen-bond donors (Lipinski definition) is 3. The summed E-state index contributed by atoms with van der Waals surface area (Å²) in [5.74, 6) is 0.623. The van der Waals surface area contributed by atoms with Crippen molar-refractivity contribution in [1.82, 2.24) is 10.0 Å². The highest BCUT2D eigenvalue weighted by molar-refractivity contribution is 7.89. The number of urea groups is 1. The van der Waals surface area contributed by atoms with Gasteiger partial charge in [-0.15, -0.1) is 0 Å². The van der Waals surface area contributed by atoms with E-state index in [1.165, 1.54) is 22.8 Å². The molecule has 1 aromatic heterocycles. The Balaban J connectivity index is 1.39. The molecule has 2 amide bonds. The number of furan rings is 1. The van der Waals surface area contributed by atoms with Crippen molar-refractivity contribution in [3.8, 4) is 0 Å². The average molecular weight is 460 g/mol. The minimum absolute atomic E-state index is 0.0570. The first-order valence-corrected chi connectivity index (χ1v) is 12.8. The van der Waals surface area contributed by atoms with Crippen LogP contribution in [0.15, 0.2) is 43.1 Å². The second-order valence-corrected chi connectivity index (χ2v) is 11.5. The number of amides is 2. The molecule has 1 saturated carbocycles. The van der Waals surface area contributed by atoms with Gasteiger partial charge in [0.15, 0.2) is 0 Å². The Morgan fingerprint density at radius 3 is 2.84 bits per heavy atom. The first-order chi connectivity index (χ1) is 15.2. The SMILES string of the molecule is CC1C/C(=N/O)c2cc(S(=O)(=O)NC(=O)NC3=C4CCCC4(C)CC4=C3CCC4)oc2C1. The third kappa shape index (κ3) is 3.46. The standard InChI is InChI=1S/C23H29N3O5S/c1-13-9-18(25-28)16-11-20(31-19(16)10-13)32(29,30)26-22(27)24-21-15-6-3-5-14(15)12-23(2)8-4-7-17(21)23/h11,13,28H,3-10,12H2,1-2H3,(H2,24,26,27)/b25-18-. The van der Waals surface area contributed by atoms with Gasteiger partial charge in [-0.25, -0.2) is 9.52 Å². The molecule has 0 spiro atoms. The number of fused-ring (bicyclic) bond motifs is 2. The minimum atomic E-state index is -4.22. The number of sulfonamides is 1. The third-order valence-corrected chi connectivity index (χ3v) is 8.63. The van der Waals surface area contributed by atoms with E-state index in [0.717, 1.165) is 50.6 Å². The van der Waals surface area contributed by atoms with Crippen LogP contribution in [0.2, 0.25) is 0 Å². The molecule has 0 radical (unpaired) electrons. The molecular formula is C23H29N3O5S. The normalized spacial score (nSPS) is 28.6. The van der Waals surface area contributed by atoms with Gasteiger partial charge in [0.05, 0.1) is 5.71 Å². The summed E-state index contributed by atoms with van der Waals surface area (Å²) in [7, 11) is -4.22. The van der Waals surface area contributed by atoms with Crippen molar-refractivity contribution in [1.29, 1.82) is 0 Å². The molecule has 8 nitrogen and oxygen atoms in total. The largest absolute Gasteiger partial charge is 0.447 e. The average Bonchev–Trinajstić information content (AvgIpc) is 3.44. The van der Waals surface area contributed by atoms with E-state index < -0.39 is 16.1 Å². The topological polar surface area (TPSA) is 121 Å². The van der Waals surface area contributed by atoms with Crippen LogP contribution in [-0.2, 0) is 16.4 Å². The first-order valence-electron chi connectivity index (χ1n) is 11.3. The number of hydrogen-bond acceptors (Lipinski definition) is 6. The van der Waals surface area contributed by atoms with Crippen molar-refractivity contribution >= 4 is 21.8 Å². The van der Waals surface area contributed by atoms with Crippen LogP contribution in [0.1, 0.15) is 76.5 Å². The molecule has 0 aliphatic heterocycles. The summed E-state index contributed by atoms with van der Waals surface area (Å²) in [6.45, 7) is 4.22. The highest BCUT2D eigenvalue weighted by Crippen LogP contribution is 2.55. The van der Waals surface area contributed by atoms with Gasteiger partial charge in [-0.05, 0) is 73.8 Å². The molecule has 5 rings (SSSR count). The highest BCUT2D eigenvalue weighted by Gasteiger charge is 2.42. The molecule has 4 aliphatic rings. The summed E-state index contributed by atoms with van der Waals surface area (Å²) in [5, 5.41) is 15.1. The summed E-state index contributed by atoms with van der Waals surface area (Å²) in [5.41, 5.74) is 5.60. The maximum absolute atomic E-state index is 12.9. The van der Waals surface area contributed by atoms with Gasteiger partial charge in [-0.3, -0.25) is 0 Å². The van der Waals surface area contributed by atoms with Gasteiger partial charge in [0.25, 0.3) is 10.0 Å². The van der Waals surface area contributed by atoms with E-state index in [0.29, 0.717) is 29.9 Å².